The summed E-state index contributed by atoms with van der Waals surface area (Å²) in [7, 11) is 0. The van der Waals surface area contributed by atoms with Crippen LogP contribution in [0, 0.1) is 0 Å². The molecule has 0 aliphatic heterocycles. The average molecular weight is 213 g/mol. The van der Waals surface area contributed by atoms with E-state index in [1.807, 2.05) is 6.07 Å². The Morgan fingerprint density at radius 1 is 1.45 bits per heavy atom. The molecule has 2 rings (SSSR count). The van der Waals surface area contributed by atoms with Crippen molar-refractivity contribution in [3.63, 3.8) is 0 Å². The normalized spacial score (nSPS) is 10.6. The zero-order valence-electron chi connectivity index (χ0n) is 5.54. The van der Waals surface area contributed by atoms with Crippen molar-refractivity contribution in [2.75, 3.05) is 5.73 Å². The van der Waals surface area contributed by atoms with E-state index in [2.05, 4.69) is 20.9 Å². The lowest BCUT2D eigenvalue weighted by Gasteiger charge is -1.93. The molecule has 2 aromatic rings. The standard InChI is InChI=1S/C7H5BrN2O/c8-4-1-5(9)7-6(2-4)11-3-10-7/h1-3H,9H2. The number of hydrogen-bond acceptors (Lipinski definition) is 3. The van der Waals surface area contributed by atoms with E-state index in [4.69, 9.17) is 10.2 Å². The van der Waals surface area contributed by atoms with Crippen LogP contribution in [0.5, 0.6) is 0 Å². The van der Waals surface area contributed by atoms with Crippen LogP contribution in [0.15, 0.2) is 27.4 Å². The molecule has 0 saturated carbocycles. The SMILES string of the molecule is Nc1cc(Br)cc2ocnc12. The number of halogens is 1. The van der Waals surface area contributed by atoms with Crippen LogP contribution in [0.3, 0.4) is 0 Å². The molecule has 0 saturated heterocycles. The maximum Gasteiger partial charge on any atom is 0.182 e. The van der Waals surface area contributed by atoms with Gasteiger partial charge >= 0.3 is 0 Å². The molecule has 0 bridgehead atoms. The molecule has 3 nitrogen and oxygen atoms in total. The maximum atomic E-state index is 5.65. The number of hydrogen-bond donors (Lipinski definition) is 1. The molecule has 2 N–H and O–H groups in total. The first-order valence-electron chi connectivity index (χ1n) is 3.05. The van der Waals surface area contributed by atoms with Crippen LogP contribution in [-0.4, -0.2) is 4.98 Å². The van der Waals surface area contributed by atoms with Gasteiger partial charge in [0.25, 0.3) is 0 Å². The fourth-order valence-electron chi connectivity index (χ4n) is 0.958. The molecule has 56 valence electrons. The smallest absolute Gasteiger partial charge is 0.182 e. The number of anilines is 1. The maximum absolute atomic E-state index is 5.65. The van der Waals surface area contributed by atoms with Gasteiger partial charge in [0.2, 0.25) is 0 Å². The highest BCUT2D eigenvalue weighted by Crippen LogP contribution is 2.24. The minimum Gasteiger partial charge on any atom is -0.443 e. The minimum absolute atomic E-state index is 0.628. The van der Waals surface area contributed by atoms with Crippen molar-refractivity contribution < 1.29 is 4.42 Å². The summed E-state index contributed by atoms with van der Waals surface area (Å²) in [6.45, 7) is 0. The summed E-state index contributed by atoms with van der Waals surface area (Å²) >= 11 is 3.30. The Hall–Kier alpha value is -1.03. The average Bonchev–Trinajstić information content (AvgIpc) is 2.34. The second kappa shape index (κ2) is 2.23. The number of oxazole rings is 1. The van der Waals surface area contributed by atoms with Crippen LogP contribution < -0.4 is 5.73 Å². The zero-order chi connectivity index (χ0) is 7.84. The number of fused-ring (bicyclic) bond motifs is 1. The second-order valence-corrected chi connectivity index (χ2v) is 3.11. The highest BCUT2D eigenvalue weighted by molar-refractivity contribution is 9.10. The quantitative estimate of drug-likeness (QED) is 0.682. The van der Waals surface area contributed by atoms with Crippen molar-refractivity contribution in [1.29, 1.82) is 0 Å². The Labute approximate surface area is 71.3 Å². The Kier molecular flexibility index (Phi) is 1.35. The third kappa shape index (κ3) is 0.991. The van der Waals surface area contributed by atoms with Gasteiger partial charge in [-0.3, -0.25) is 0 Å². The van der Waals surface area contributed by atoms with Gasteiger partial charge in [-0.15, -0.1) is 0 Å². The Morgan fingerprint density at radius 3 is 3.09 bits per heavy atom. The Balaban J connectivity index is 2.91. The third-order valence-electron chi connectivity index (χ3n) is 1.43. The summed E-state index contributed by atoms with van der Waals surface area (Å²) in [5.74, 6) is 0. The number of rotatable bonds is 0. The molecule has 0 radical (unpaired) electrons. The van der Waals surface area contributed by atoms with Crippen molar-refractivity contribution in [1.82, 2.24) is 4.98 Å². The van der Waals surface area contributed by atoms with Gasteiger partial charge in [-0.25, -0.2) is 4.98 Å². The van der Waals surface area contributed by atoms with Crippen molar-refractivity contribution >= 4 is 32.7 Å². The van der Waals surface area contributed by atoms with Gasteiger partial charge in [0.1, 0.15) is 5.52 Å². The summed E-state index contributed by atoms with van der Waals surface area (Å²) in [6, 6.07) is 3.63. The number of nitrogens with zero attached hydrogens (tertiary/aromatic N) is 1. The number of nitrogens with two attached hydrogens (primary N) is 1. The monoisotopic (exact) mass is 212 g/mol. The summed E-state index contributed by atoms with van der Waals surface area (Å²) < 4.78 is 5.96. The van der Waals surface area contributed by atoms with E-state index >= 15 is 0 Å². The van der Waals surface area contributed by atoms with Gasteiger partial charge in [-0.05, 0) is 12.1 Å². The van der Waals surface area contributed by atoms with Crippen molar-refractivity contribution in [3.8, 4) is 0 Å². The molecule has 1 aromatic carbocycles. The van der Waals surface area contributed by atoms with E-state index < -0.39 is 0 Å². The first kappa shape index (κ1) is 6.67. The second-order valence-electron chi connectivity index (χ2n) is 2.19. The van der Waals surface area contributed by atoms with E-state index in [9.17, 15) is 0 Å². The lowest BCUT2D eigenvalue weighted by Crippen LogP contribution is -1.85. The van der Waals surface area contributed by atoms with Crippen LogP contribution in [0.4, 0.5) is 5.69 Å². The molecule has 0 unspecified atom stereocenters. The highest BCUT2D eigenvalue weighted by atomic mass is 79.9. The lowest BCUT2D eigenvalue weighted by molar-refractivity contribution is 0.602. The number of aromatic nitrogens is 1. The van der Waals surface area contributed by atoms with Crippen LogP contribution >= 0.6 is 15.9 Å². The Bertz CT molecular complexity index is 396. The Morgan fingerprint density at radius 2 is 2.27 bits per heavy atom. The molecule has 0 atom stereocenters. The van der Waals surface area contributed by atoms with E-state index in [0.717, 1.165) is 4.47 Å². The summed E-state index contributed by atoms with van der Waals surface area (Å²) in [5.41, 5.74) is 7.70. The van der Waals surface area contributed by atoms with Crippen LogP contribution in [0.25, 0.3) is 11.1 Å². The topological polar surface area (TPSA) is 52.0 Å². The molecule has 1 heterocycles. The van der Waals surface area contributed by atoms with Crippen molar-refractivity contribution in [2.24, 2.45) is 0 Å². The van der Waals surface area contributed by atoms with Crippen molar-refractivity contribution in [3.05, 3.63) is 23.0 Å². The van der Waals surface area contributed by atoms with E-state index in [0.29, 0.717) is 16.8 Å². The predicted molar refractivity (Wildman–Crippen MR) is 46.1 cm³/mol. The number of benzene rings is 1. The van der Waals surface area contributed by atoms with Gasteiger partial charge < -0.3 is 10.2 Å². The zero-order valence-corrected chi connectivity index (χ0v) is 7.13. The van der Waals surface area contributed by atoms with Crippen molar-refractivity contribution in [2.45, 2.75) is 0 Å². The third-order valence-corrected chi connectivity index (χ3v) is 1.89. The molecule has 0 spiro atoms. The predicted octanol–water partition coefficient (Wildman–Crippen LogP) is 2.17. The van der Waals surface area contributed by atoms with Gasteiger partial charge in [-0.2, -0.15) is 0 Å². The van der Waals surface area contributed by atoms with E-state index in [1.54, 1.807) is 6.07 Å². The van der Waals surface area contributed by atoms with Gasteiger partial charge in [-0.1, -0.05) is 15.9 Å². The van der Waals surface area contributed by atoms with Crippen LogP contribution in [-0.2, 0) is 0 Å². The highest BCUT2D eigenvalue weighted by Gasteiger charge is 2.02. The molecule has 0 fully saturated rings. The van der Waals surface area contributed by atoms with E-state index in [1.165, 1.54) is 6.39 Å². The lowest BCUT2D eigenvalue weighted by atomic mass is 10.3. The summed E-state index contributed by atoms with van der Waals surface area (Å²) in [5, 5.41) is 0. The van der Waals surface area contributed by atoms with Gasteiger partial charge in [0.15, 0.2) is 12.0 Å². The fourth-order valence-corrected chi connectivity index (χ4v) is 1.41. The molecular formula is C7H5BrN2O. The molecule has 0 aliphatic carbocycles. The summed E-state index contributed by atoms with van der Waals surface area (Å²) in [6.07, 6.45) is 1.38. The van der Waals surface area contributed by atoms with Crippen LogP contribution in [0.2, 0.25) is 0 Å². The fraction of sp³-hybridized carbons (Fsp3) is 0. The number of nitrogen functional groups attached to an aromatic ring is 1. The molecule has 0 aliphatic rings. The van der Waals surface area contributed by atoms with E-state index in [-0.39, 0.29) is 0 Å². The largest absolute Gasteiger partial charge is 0.443 e. The van der Waals surface area contributed by atoms with Gasteiger partial charge in [0, 0.05) is 4.47 Å². The first-order valence-corrected chi connectivity index (χ1v) is 3.85. The van der Waals surface area contributed by atoms with Crippen LogP contribution in [0.1, 0.15) is 0 Å². The minimum atomic E-state index is 0.628. The molecule has 1 aromatic heterocycles. The molecular weight excluding hydrogens is 208 g/mol. The summed E-state index contributed by atoms with van der Waals surface area (Å²) in [4.78, 5) is 3.95. The van der Waals surface area contributed by atoms with Gasteiger partial charge in [0.05, 0.1) is 5.69 Å². The molecule has 0 amide bonds. The molecule has 11 heavy (non-hydrogen) atoms. The molecule has 4 heteroatoms. The first-order chi connectivity index (χ1) is 5.27.